The van der Waals surface area contributed by atoms with E-state index in [0.29, 0.717) is 24.3 Å². The summed E-state index contributed by atoms with van der Waals surface area (Å²) in [5, 5.41) is 2.51. The largest absolute Gasteiger partial charge is 0.397 e. The number of nitrogens with zero attached hydrogens (tertiary/aromatic N) is 2. The van der Waals surface area contributed by atoms with Gasteiger partial charge in [0.05, 0.1) is 5.69 Å². The van der Waals surface area contributed by atoms with E-state index in [1.165, 1.54) is 4.90 Å². The third-order valence-electron chi connectivity index (χ3n) is 2.55. The van der Waals surface area contributed by atoms with Crippen LogP contribution in [-0.2, 0) is 11.8 Å². The number of rotatable bonds is 4. The van der Waals surface area contributed by atoms with Gasteiger partial charge in [-0.3, -0.25) is 9.59 Å². The maximum absolute atomic E-state index is 12.0. The standard InChI is InChI=1S/C11H18N4O2/c1-13-10(16)4-5-14(2)11(17)9-6-8(12)7-15(9)3/h6-7H,4-5,12H2,1-3H3,(H,13,16). The minimum Gasteiger partial charge on any atom is -0.397 e. The van der Waals surface area contributed by atoms with Crippen LogP contribution in [0, 0.1) is 0 Å². The van der Waals surface area contributed by atoms with E-state index < -0.39 is 0 Å². The van der Waals surface area contributed by atoms with Crippen molar-refractivity contribution in [3.63, 3.8) is 0 Å². The molecule has 0 saturated carbocycles. The number of amides is 2. The van der Waals surface area contributed by atoms with Crippen LogP contribution in [0.2, 0.25) is 0 Å². The molecule has 0 aromatic carbocycles. The number of nitrogens with two attached hydrogens (primary N) is 1. The molecule has 0 aliphatic carbocycles. The summed E-state index contributed by atoms with van der Waals surface area (Å²) in [6.07, 6.45) is 1.97. The van der Waals surface area contributed by atoms with Crippen LogP contribution in [0.5, 0.6) is 0 Å². The van der Waals surface area contributed by atoms with Crippen molar-refractivity contribution in [1.82, 2.24) is 14.8 Å². The van der Waals surface area contributed by atoms with Crippen LogP contribution in [0.15, 0.2) is 12.3 Å². The quantitative estimate of drug-likeness (QED) is 0.763. The summed E-state index contributed by atoms with van der Waals surface area (Å²) in [5.41, 5.74) is 6.67. The zero-order valence-electron chi connectivity index (χ0n) is 10.4. The lowest BCUT2D eigenvalue weighted by Crippen LogP contribution is -2.32. The average Bonchev–Trinajstić information content (AvgIpc) is 2.63. The lowest BCUT2D eigenvalue weighted by atomic mass is 10.3. The minimum atomic E-state index is -0.145. The van der Waals surface area contributed by atoms with E-state index >= 15 is 0 Å². The summed E-state index contributed by atoms with van der Waals surface area (Å²) in [4.78, 5) is 24.6. The predicted octanol–water partition coefficient (Wildman–Crippen LogP) is -0.185. The van der Waals surface area contributed by atoms with E-state index in [1.54, 1.807) is 38.0 Å². The van der Waals surface area contributed by atoms with Crippen molar-refractivity contribution in [2.24, 2.45) is 7.05 Å². The first kappa shape index (κ1) is 13.1. The normalized spacial score (nSPS) is 10.1. The van der Waals surface area contributed by atoms with Gasteiger partial charge in [0, 0.05) is 40.3 Å². The highest BCUT2D eigenvalue weighted by Gasteiger charge is 2.16. The molecule has 0 fully saturated rings. The first-order valence-electron chi connectivity index (χ1n) is 5.33. The van der Waals surface area contributed by atoms with Gasteiger partial charge in [0.25, 0.3) is 5.91 Å². The Morgan fingerprint density at radius 3 is 2.65 bits per heavy atom. The molecule has 0 saturated heterocycles. The van der Waals surface area contributed by atoms with Gasteiger partial charge in [-0.25, -0.2) is 0 Å². The van der Waals surface area contributed by atoms with Crippen molar-refractivity contribution in [3.8, 4) is 0 Å². The van der Waals surface area contributed by atoms with Gasteiger partial charge in [0.1, 0.15) is 5.69 Å². The molecular weight excluding hydrogens is 220 g/mol. The van der Waals surface area contributed by atoms with Gasteiger partial charge in [-0.1, -0.05) is 0 Å². The van der Waals surface area contributed by atoms with E-state index in [1.807, 2.05) is 0 Å². The monoisotopic (exact) mass is 238 g/mol. The Balaban J connectivity index is 2.64. The molecule has 1 heterocycles. The Morgan fingerprint density at radius 2 is 2.18 bits per heavy atom. The summed E-state index contributed by atoms with van der Waals surface area (Å²) >= 11 is 0. The third kappa shape index (κ3) is 3.24. The average molecular weight is 238 g/mol. The van der Waals surface area contributed by atoms with Gasteiger partial charge < -0.3 is 20.5 Å². The molecule has 0 aliphatic rings. The number of carbonyl (C=O) groups is 2. The smallest absolute Gasteiger partial charge is 0.270 e. The van der Waals surface area contributed by atoms with Gasteiger partial charge >= 0.3 is 0 Å². The SMILES string of the molecule is CNC(=O)CCN(C)C(=O)c1cc(N)cn1C. The van der Waals surface area contributed by atoms with Gasteiger partial charge in [-0.2, -0.15) is 0 Å². The Labute approximate surface area is 100 Å². The van der Waals surface area contributed by atoms with Crippen molar-refractivity contribution in [1.29, 1.82) is 0 Å². The van der Waals surface area contributed by atoms with Crippen LogP contribution in [0.1, 0.15) is 16.9 Å². The molecule has 6 heteroatoms. The summed E-state index contributed by atoms with van der Waals surface area (Å²) in [5.74, 6) is -0.232. The second-order valence-electron chi connectivity index (χ2n) is 3.92. The number of nitrogens with one attached hydrogen (secondary N) is 1. The molecule has 94 valence electrons. The van der Waals surface area contributed by atoms with Crippen molar-refractivity contribution < 1.29 is 9.59 Å². The summed E-state index contributed by atoms with van der Waals surface area (Å²) in [6, 6.07) is 1.62. The second-order valence-corrected chi connectivity index (χ2v) is 3.92. The Bertz CT molecular complexity index is 425. The number of aromatic nitrogens is 1. The zero-order chi connectivity index (χ0) is 13.0. The summed E-state index contributed by atoms with van der Waals surface area (Å²) in [6.45, 7) is 0.379. The highest BCUT2D eigenvalue weighted by molar-refractivity contribution is 5.93. The number of nitrogen functional groups attached to an aromatic ring is 1. The molecule has 2 amide bonds. The van der Waals surface area contributed by atoms with Gasteiger partial charge in [-0.15, -0.1) is 0 Å². The van der Waals surface area contributed by atoms with E-state index in [2.05, 4.69) is 5.32 Å². The molecule has 0 spiro atoms. The molecule has 3 N–H and O–H groups in total. The number of hydrogen-bond donors (Lipinski definition) is 2. The molecule has 0 atom stereocenters. The predicted molar refractivity (Wildman–Crippen MR) is 65.5 cm³/mol. The zero-order valence-corrected chi connectivity index (χ0v) is 10.4. The van der Waals surface area contributed by atoms with Gasteiger partial charge in [0.15, 0.2) is 0 Å². The van der Waals surface area contributed by atoms with E-state index in [4.69, 9.17) is 5.73 Å². The molecule has 1 aromatic heterocycles. The van der Waals surface area contributed by atoms with Gasteiger partial charge in [0.2, 0.25) is 5.91 Å². The van der Waals surface area contributed by atoms with Crippen molar-refractivity contribution in [3.05, 3.63) is 18.0 Å². The first-order valence-corrected chi connectivity index (χ1v) is 5.33. The molecule has 17 heavy (non-hydrogen) atoms. The van der Waals surface area contributed by atoms with Gasteiger partial charge in [-0.05, 0) is 6.07 Å². The molecule has 1 aromatic rings. The topological polar surface area (TPSA) is 80.4 Å². The highest BCUT2D eigenvalue weighted by Crippen LogP contribution is 2.10. The Kier molecular flexibility index (Phi) is 4.14. The number of carbonyl (C=O) groups excluding carboxylic acids is 2. The van der Waals surface area contributed by atoms with E-state index in [-0.39, 0.29) is 11.8 Å². The van der Waals surface area contributed by atoms with Crippen LogP contribution < -0.4 is 11.1 Å². The first-order chi connectivity index (χ1) is 7.95. The van der Waals surface area contributed by atoms with Crippen LogP contribution >= 0.6 is 0 Å². The maximum Gasteiger partial charge on any atom is 0.270 e. The molecule has 1 rings (SSSR count). The number of hydrogen-bond acceptors (Lipinski definition) is 3. The van der Waals surface area contributed by atoms with Crippen LogP contribution in [-0.4, -0.2) is 41.9 Å². The van der Waals surface area contributed by atoms with Crippen LogP contribution in [0.4, 0.5) is 5.69 Å². The van der Waals surface area contributed by atoms with Crippen molar-refractivity contribution in [2.45, 2.75) is 6.42 Å². The Morgan fingerprint density at radius 1 is 1.53 bits per heavy atom. The van der Waals surface area contributed by atoms with Crippen LogP contribution in [0.3, 0.4) is 0 Å². The fourth-order valence-electron chi connectivity index (χ4n) is 1.49. The minimum absolute atomic E-state index is 0.0870. The number of anilines is 1. The molecule has 6 nitrogen and oxygen atoms in total. The second kappa shape index (κ2) is 5.38. The third-order valence-corrected chi connectivity index (χ3v) is 2.55. The lowest BCUT2D eigenvalue weighted by Gasteiger charge is -2.16. The molecule has 0 aliphatic heterocycles. The summed E-state index contributed by atoms with van der Waals surface area (Å²) in [7, 11) is 4.99. The maximum atomic E-state index is 12.0. The molecule has 0 bridgehead atoms. The lowest BCUT2D eigenvalue weighted by molar-refractivity contribution is -0.120. The number of aryl methyl sites for hydroxylation is 1. The fraction of sp³-hybridized carbons (Fsp3) is 0.455. The Hall–Kier alpha value is -1.98. The van der Waals surface area contributed by atoms with E-state index in [0.717, 1.165) is 0 Å². The summed E-state index contributed by atoms with van der Waals surface area (Å²) < 4.78 is 1.67. The van der Waals surface area contributed by atoms with E-state index in [9.17, 15) is 9.59 Å². The van der Waals surface area contributed by atoms with Crippen molar-refractivity contribution >= 4 is 17.5 Å². The highest BCUT2D eigenvalue weighted by atomic mass is 16.2. The van der Waals surface area contributed by atoms with Crippen molar-refractivity contribution in [2.75, 3.05) is 26.4 Å². The molecular formula is C11H18N4O2. The molecule has 0 unspecified atom stereocenters. The molecule has 0 radical (unpaired) electrons. The fourth-order valence-corrected chi connectivity index (χ4v) is 1.49. The van der Waals surface area contributed by atoms with Crippen LogP contribution in [0.25, 0.3) is 0 Å².